The van der Waals surface area contributed by atoms with Gasteiger partial charge in [-0.25, -0.2) is 9.59 Å². The summed E-state index contributed by atoms with van der Waals surface area (Å²) in [6, 6.07) is -1.28. The quantitative estimate of drug-likeness (QED) is 0.285. The largest absolute Gasteiger partial charge is 2.00 e. The maximum atomic E-state index is 10.9. The van der Waals surface area contributed by atoms with Crippen molar-refractivity contribution in [1.29, 1.82) is 0 Å². The smallest absolute Gasteiger partial charge is 1.00 e. The Labute approximate surface area is 119 Å². The zero-order valence-corrected chi connectivity index (χ0v) is 10.5. The van der Waals surface area contributed by atoms with Crippen LogP contribution in [0.25, 0.3) is 0 Å². The molecular formula is C7H14CaN2O5. The zero-order chi connectivity index (χ0) is 11.3. The summed E-state index contributed by atoms with van der Waals surface area (Å²) in [6.45, 7) is 1.13. The number of aliphatic hydroxyl groups is 1. The molecule has 0 aliphatic carbocycles. The topological polar surface area (TPSA) is 133 Å². The predicted octanol–water partition coefficient (Wildman–Crippen LogP) is -2.52. The third kappa shape index (κ3) is 7.69. The van der Waals surface area contributed by atoms with Crippen LogP contribution < -0.4 is 11.5 Å². The van der Waals surface area contributed by atoms with Crippen molar-refractivity contribution in [3.63, 3.8) is 0 Å². The van der Waals surface area contributed by atoms with Crippen molar-refractivity contribution < 1.29 is 27.1 Å². The molecule has 1 unspecified atom stereocenters. The summed E-state index contributed by atoms with van der Waals surface area (Å²) in [6.07, 6.45) is -1.83. The van der Waals surface area contributed by atoms with Crippen molar-refractivity contribution in [3.8, 4) is 0 Å². The number of rotatable bonds is 4. The Morgan fingerprint density at radius 3 is 2.20 bits per heavy atom. The number of hydrogen-bond donors (Lipinski definition) is 3. The molecule has 5 N–H and O–H groups in total. The summed E-state index contributed by atoms with van der Waals surface area (Å²) in [5, 5.41) is 8.67. The molecule has 0 bridgehead atoms. The Kier molecular flexibility index (Phi) is 9.17. The normalized spacial score (nSPS) is 13.3. The van der Waals surface area contributed by atoms with Crippen LogP contribution in [0.15, 0.2) is 0 Å². The van der Waals surface area contributed by atoms with Crippen molar-refractivity contribution in [2.45, 2.75) is 25.5 Å². The van der Waals surface area contributed by atoms with Crippen LogP contribution >= 0.6 is 0 Å². The summed E-state index contributed by atoms with van der Waals surface area (Å²) in [5.74, 6) is -2.98. The molecule has 1 amide bonds. The van der Waals surface area contributed by atoms with E-state index in [1.54, 1.807) is 0 Å². The number of amides is 1. The van der Waals surface area contributed by atoms with Crippen LogP contribution in [0, 0.1) is 0 Å². The Bertz CT molecular complexity index is 265. The molecule has 0 heterocycles. The molecule has 0 aromatic rings. The van der Waals surface area contributed by atoms with Crippen molar-refractivity contribution in [2.24, 2.45) is 11.5 Å². The van der Waals surface area contributed by atoms with Crippen molar-refractivity contribution >= 4 is 55.6 Å². The molecule has 0 fully saturated rings. The van der Waals surface area contributed by atoms with Crippen molar-refractivity contribution in [1.82, 2.24) is 0 Å². The first-order valence-electron chi connectivity index (χ1n) is 3.82. The summed E-state index contributed by atoms with van der Waals surface area (Å²) in [4.78, 5) is 31.9. The third-order valence-electron chi connectivity index (χ3n) is 1.27. The SMILES string of the molecule is CC(O)C(=O)OC(=O)[C@@H](N)CC(N)=O.[Ca+2].[H-].[H-]. The second-order valence-corrected chi connectivity index (χ2v) is 2.69. The van der Waals surface area contributed by atoms with Gasteiger partial charge in [-0.2, -0.15) is 0 Å². The van der Waals surface area contributed by atoms with Crippen LogP contribution in [0.5, 0.6) is 0 Å². The molecule has 0 saturated heterocycles. The maximum Gasteiger partial charge on any atom is 2.00 e. The van der Waals surface area contributed by atoms with Gasteiger partial charge < -0.3 is 24.2 Å². The van der Waals surface area contributed by atoms with E-state index in [1.807, 2.05) is 0 Å². The van der Waals surface area contributed by atoms with Gasteiger partial charge in [0.1, 0.15) is 12.1 Å². The number of esters is 2. The van der Waals surface area contributed by atoms with E-state index >= 15 is 0 Å². The van der Waals surface area contributed by atoms with E-state index in [2.05, 4.69) is 4.74 Å². The van der Waals surface area contributed by atoms with Crippen LogP contribution in [-0.2, 0) is 19.1 Å². The van der Waals surface area contributed by atoms with Gasteiger partial charge >= 0.3 is 49.7 Å². The number of aliphatic hydroxyl groups excluding tert-OH is 1. The molecule has 0 spiro atoms. The molecule has 7 nitrogen and oxygen atoms in total. The van der Waals surface area contributed by atoms with Gasteiger partial charge in [0.2, 0.25) is 5.91 Å². The minimum absolute atomic E-state index is 0. The molecule has 0 aromatic carbocycles. The summed E-state index contributed by atoms with van der Waals surface area (Å²) in [5.41, 5.74) is 9.92. The third-order valence-corrected chi connectivity index (χ3v) is 1.27. The summed E-state index contributed by atoms with van der Waals surface area (Å²) < 4.78 is 4.11. The molecule has 15 heavy (non-hydrogen) atoms. The number of ether oxygens (including phenoxy) is 1. The first kappa shape index (κ1) is 17.2. The first-order chi connectivity index (χ1) is 6.34. The maximum absolute atomic E-state index is 10.9. The van der Waals surface area contributed by atoms with Crippen molar-refractivity contribution in [2.75, 3.05) is 0 Å². The van der Waals surface area contributed by atoms with Gasteiger partial charge in [0, 0.05) is 0 Å². The van der Waals surface area contributed by atoms with Crippen LogP contribution in [0.4, 0.5) is 0 Å². The van der Waals surface area contributed by atoms with Crippen LogP contribution in [-0.4, -0.2) is 72.8 Å². The number of carbonyl (C=O) groups is 3. The molecule has 0 saturated carbocycles. The fourth-order valence-corrected chi connectivity index (χ4v) is 0.560. The number of carbonyl (C=O) groups excluding carboxylic acids is 3. The van der Waals surface area contributed by atoms with E-state index in [1.165, 1.54) is 0 Å². The monoisotopic (exact) mass is 246 g/mol. The molecular weight excluding hydrogens is 232 g/mol. The van der Waals surface area contributed by atoms with Crippen LogP contribution in [0.1, 0.15) is 16.2 Å². The minimum Gasteiger partial charge on any atom is -1.00 e. The Morgan fingerprint density at radius 2 is 1.87 bits per heavy atom. The Hall–Kier alpha value is -0.210. The number of nitrogens with two attached hydrogens (primary N) is 2. The molecule has 0 aliphatic heterocycles. The van der Waals surface area contributed by atoms with E-state index in [4.69, 9.17) is 16.6 Å². The Balaban J connectivity index is -0.000000282. The minimum atomic E-state index is -1.42. The van der Waals surface area contributed by atoms with Crippen molar-refractivity contribution in [3.05, 3.63) is 0 Å². The molecule has 8 heteroatoms. The Morgan fingerprint density at radius 1 is 1.40 bits per heavy atom. The second kappa shape index (κ2) is 8.00. The van der Waals surface area contributed by atoms with Gasteiger partial charge in [0.05, 0.1) is 6.42 Å². The van der Waals surface area contributed by atoms with Gasteiger partial charge in [-0.3, -0.25) is 4.79 Å². The first-order valence-corrected chi connectivity index (χ1v) is 3.82. The van der Waals surface area contributed by atoms with Gasteiger partial charge in [-0.05, 0) is 6.92 Å². The van der Waals surface area contributed by atoms with E-state index in [0.717, 1.165) is 6.92 Å². The van der Waals surface area contributed by atoms with Gasteiger partial charge in [0.15, 0.2) is 0 Å². The number of primary amides is 1. The molecule has 0 aromatic heterocycles. The second-order valence-electron chi connectivity index (χ2n) is 2.69. The van der Waals surface area contributed by atoms with Gasteiger partial charge in [-0.15, -0.1) is 0 Å². The zero-order valence-electron chi connectivity index (χ0n) is 10.3. The predicted molar refractivity (Wildman–Crippen MR) is 52.5 cm³/mol. The van der Waals surface area contributed by atoms with Crippen LogP contribution in [0.2, 0.25) is 0 Å². The van der Waals surface area contributed by atoms with Gasteiger partial charge in [-0.1, -0.05) is 0 Å². The van der Waals surface area contributed by atoms with Crippen LogP contribution in [0.3, 0.4) is 0 Å². The molecule has 0 aliphatic rings. The van der Waals surface area contributed by atoms with E-state index in [-0.39, 0.29) is 40.6 Å². The number of hydrogen-bond acceptors (Lipinski definition) is 6. The van der Waals surface area contributed by atoms with Gasteiger partial charge in [0.25, 0.3) is 0 Å². The summed E-state index contributed by atoms with van der Waals surface area (Å²) in [7, 11) is 0. The van der Waals surface area contributed by atoms with E-state index < -0.39 is 36.4 Å². The fraction of sp³-hybridized carbons (Fsp3) is 0.571. The van der Waals surface area contributed by atoms with E-state index in [9.17, 15) is 14.4 Å². The molecule has 2 atom stereocenters. The summed E-state index contributed by atoms with van der Waals surface area (Å²) >= 11 is 0. The molecule has 0 radical (unpaired) electrons. The van der Waals surface area contributed by atoms with E-state index in [0.29, 0.717) is 0 Å². The fourth-order valence-electron chi connectivity index (χ4n) is 0.560. The average Bonchev–Trinajstić information content (AvgIpc) is 2.02. The standard InChI is InChI=1S/C7H12N2O5.Ca.2H/c1-3(10)6(12)14-7(13)4(8)2-5(9)11;;;/h3-4,10H,2,8H2,1H3,(H2,9,11);;;/q;+2;2*-1/t3?,4-;;;/m0.../s1. The average molecular weight is 246 g/mol. The molecule has 0 rings (SSSR count). The molecule has 84 valence electrons.